The third-order valence-electron chi connectivity index (χ3n) is 5.87. The number of esters is 1. The first-order valence-corrected chi connectivity index (χ1v) is 12.7. The number of aryl methyl sites for hydroxylation is 1. The monoisotopic (exact) mass is 514 g/mol. The Balaban J connectivity index is 1.58. The van der Waals surface area contributed by atoms with Crippen LogP contribution in [0, 0.1) is 0 Å². The molecule has 2 aromatic carbocycles. The lowest BCUT2D eigenvalue weighted by molar-refractivity contribution is -0.227. The van der Waals surface area contributed by atoms with Crippen LogP contribution >= 0.6 is 0 Å². The molecule has 1 aromatic heterocycles. The maximum absolute atomic E-state index is 13.2. The number of ether oxygens (including phenoxy) is 2. The van der Waals surface area contributed by atoms with Crippen molar-refractivity contribution in [1.82, 2.24) is 9.97 Å². The van der Waals surface area contributed by atoms with Crippen LogP contribution in [0.15, 0.2) is 60.9 Å². The molecule has 0 bridgehead atoms. The molecule has 0 aliphatic heterocycles. The van der Waals surface area contributed by atoms with Crippen LogP contribution in [0.2, 0.25) is 0 Å². The van der Waals surface area contributed by atoms with Crippen molar-refractivity contribution in [3.8, 4) is 28.3 Å². The van der Waals surface area contributed by atoms with Crippen molar-refractivity contribution in [2.24, 2.45) is 0 Å². The zero-order valence-corrected chi connectivity index (χ0v) is 21.3. The van der Waals surface area contributed by atoms with Crippen molar-refractivity contribution in [3.05, 3.63) is 66.5 Å². The summed E-state index contributed by atoms with van der Waals surface area (Å²) in [6, 6.07) is 16.4. The highest BCUT2D eigenvalue weighted by atomic mass is 19.4. The van der Waals surface area contributed by atoms with Crippen molar-refractivity contribution >= 4 is 5.97 Å². The fourth-order valence-electron chi connectivity index (χ4n) is 3.76. The van der Waals surface area contributed by atoms with Crippen LogP contribution in [0.3, 0.4) is 0 Å². The summed E-state index contributed by atoms with van der Waals surface area (Å²) in [4.78, 5) is 19.9. The Labute approximate surface area is 216 Å². The summed E-state index contributed by atoms with van der Waals surface area (Å²) in [7, 11) is 0. The molecule has 0 amide bonds. The highest BCUT2D eigenvalue weighted by Gasteiger charge is 2.43. The van der Waals surface area contributed by atoms with Gasteiger partial charge in [0.15, 0.2) is 11.6 Å². The van der Waals surface area contributed by atoms with Gasteiger partial charge in [-0.05, 0) is 36.0 Å². The molecule has 198 valence electrons. The van der Waals surface area contributed by atoms with Gasteiger partial charge < -0.3 is 9.47 Å². The largest absolute Gasteiger partial charge is 0.486 e. The number of unbranched alkanes of at least 4 members (excludes halogenated alkanes) is 3. The molecule has 5 nitrogen and oxygen atoms in total. The zero-order chi connectivity index (χ0) is 26.7. The van der Waals surface area contributed by atoms with Crippen molar-refractivity contribution in [1.29, 1.82) is 0 Å². The summed E-state index contributed by atoms with van der Waals surface area (Å²) in [6.45, 7) is 3.03. The third kappa shape index (κ3) is 8.88. The van der Waals surface area contributed by atoms with Crippen LogP contribution in [-0.2, 0) is 16.0 Å². The van der Waals surface area contributed by atoms with Gasteiger partial charge in [-0.2, -0.15) is 13.2 Å². The van der Waals surface area contributed by atoms with Gasteiger partial charge in [-0.1, -0.05) is 81.6 Å². The van der Waals surface area contributed by atoms with Crippen LogP contribution in [-0.4, -0.2) is 34.8 Å². The van der Waals surface area contributed by atoms with E-state index in [1.165, 1.54) is 43.6 Å². The molecule has 0 aliphatic carbocycles. The Hall–Kier alpha value is -3.42. The minimum absolute atomic E-state index is 0.0518. The number of hydrogen-bond acceptors (Lipinski definition) is 5. The van der Waals surface area contributed by atoms with E-state index in [-0.39, 0.29) is 12.2 Å². The first-order valence-electron chi connectivity index (χ1n) is 12.7. The highest BCUT2D eigenvalue weighted by Crippen LogP contribution is 2.26. The molecule has 0 aliphatic rings. The maximum Gasteiger partial charge on any atom is 0.428 e. The number of hydrogen-bond donors (Lipinski definition) is 0. The number of carbonyl (C=O) groups is 1. The van der Waals surface area contributed by atoms with Crippen molar-refractivity contribution in [2.75, 3.05) is 6.61 Å². The number of aromatic nitrogens is 2. The number of alkyl halides is 3. The smallest absolute Gasteiger partial charge is 0.428 e. The fourth-order valence-corrected chi connectivity index (χ4v) is 3.76. The van der Waals surface area contributed by atoms with E-state index >= 15 is 0 Å². The predicted molar refractivity (Wildman–Crippen MR) is 137 cm³/mol. The predicted octanol–water partition coefficient (Wildman–Crippen LogP) is 7.59. The van der Waals surface area contributed by atoms with E-state index in [4.69, 9.17) is 4.74 Å². The molecule has 1 unspecified atom stereocenters. The molecule has 0 saturated carbocycles. The Morgan fingerprint density at radius 1 is 0.838 bits per heavy atom. The normalized spacial score (nSPS) is 12.2. The van der Waals surface area contributed by atoms with E-state index in [0.717, 1.165) is 23.1 Å². The lowest BCUT2D eigenvalue weighted by atomic mass is 10.00. The van der Waals surface area contributed by atoms with Crippen LogP contribution < -0.4 is 4.74 Å². The standard InChI is InChI=1S/C29H33F3N2O3/c1-3-5-6-7-9-21-10-12-22(13-11-21)23-14-16-24(17-15-23)28-33-18-25(19-34-28)36-20-26(29(30,31)32)37-27(35)8-4-2/h10-19,26H,3-9,20H2,1-2H3. The van der Waals surface area contributed by atoms with Crippen LogP contribution in [0.1, 0.15) is 57.9 Å². The second-order valence-electron chi connectivity index (χ2n) is 8.91. The Kier molecular flexibility index (Phi) is 10.5. The lowest BCUT2D eigenvalue weighted by Gasteiger charge is -2.20. The molecule has 0 fully saturated rings. The Morgan fingerprint density at radius 2 is 1.43 bits per heavy atom. The molecule has 1 heterocycles. The molecule has 3 rings (SSSR count). The molecule has 3 aromatic rings. The lowest BCUT2D eigenvalue weighted by Crippen LogP contribution is -2.38. The molecule has 0 spiro atoms. The van der Waals surface area contributed by atoms with E-state index < -0.39 is 24.9 Å². The van der Waals surface area contributed by atoms with E-state index in [1.807, 2.05) is 24.3 Å². The number of carbonyl (C=O) groups excluding carboxylic acids is 1. The molecular formula is C29H33F3N2O3. The second kappa shape index (κ2) is 13.8. The second-order valence-corrected chi connectivity index (χ2v) is 8.91. The molecule has 8 heteroatoms. The van der Waals surface area contributed by atoms with Crippen LogP contribution in [0.25, 0.3) is 22.5 Å². The van der Waals surface area contributed by atoms with Gasteiger partial charge in [0.05, 0.1) is 12.4 Å². The number of benzene rings is 2. The molecule has 0 N–H and O–H groups in total. The number of nitrogens with zero attached hydrogens (tertiary/aromatic N) is 2. The van der Waals surface area contributed by atoms with Crippen molar-refractivity contribution in [2.45, 2.75) is 71.1 Å². The summed E-state index contributed by atoms with van der Waals surface area (Å²) in [5.74, 6) is -0.444. The fraction of sp³-hybridized carbons (Fsp3) is 0.414. The van der Waals surface area contributed by atoms with Crippen LogP contribution in [0.5, 0.6) is 5.75 Å². The van der Waals surface area contributed by atoms with Gasteiger partial charge in [-0.15, -0.1) is 0 Å². The minimum Gasteiger partial charge on any atom is -0.486 e. The van der Waals surface area contributed by atoms with Gasteiger partial charge in [0.1, 0.15) is 6.61 Å². The quantitative estimate of drug-likeness (QED) is 0.174. The first-order chi connectivity index (χ1) is 17.8. The first kappa shape index (κ1) is 28.2. The van der Waals surface area contributed by atoms with Gasteiger partial charge in [0, 0.05) is 12.0 Å². The molecule has 0 saturated heterocycles. The van der Waals surface area contributed by atoms with E-state index in [9.17, 15) is 18.0 Å². The summed E-state index contributed by atoms with van der Waals surface area (Å²) < 4.78 is 49.2. The van der Waals surface area contributed by atoms with Crippen molar-refractivity contribution in [3.63, 3.8) is 0 Å². The topological polar surface area (TPSA) is 61.3 Å². The average molecular weight is 515 g/mol. The van der Waals surface area contributed by atoms with E-state index in [2.05, 4.69) is 45.9 Å². The summed E-state index contributed by atoms with van der Waals surface area (Å²) in [5.41, 5.74) is 4.29. The van der Waals surface area contributed by atoms with E-state index in [0.29, 0.717) is 12.2 Å². The number of halogens is 3. The Bertz CT molecular complexity index is 1100. The number of rotatable bonds is 13. The van der Waals surface area contributed by atoms with E-state index in [1.54, 1.807) is 6.92 Å². The summed E-state index contributed by atoms with van der Waals surface area (Å²) >= 11 is 0. The van der Waals surface area contributed by atoms with Gasteiger partial charge >= 0.3 is 12.1 Å². The van der Waals surface area contributed by atoms with Gasteiger partial charge in [0.2, 0.25) is 6.10 Å². The highest BCUT2D eigenvalue weighted by molar-refractivity contribution is 5.69. The summed E-state index contributed by atoms with van der Waals surface area (Å²) in [5, 5.41) is 0. The third-order valence-corrected chi connectivity index (χ3v) is 5.87. The SMILES string of the molecule is CCCCCCc1ccc(-c2ccc(-c3ncc(OCC(OC(=O)CCC)C(F)(F)F)cn3)cc2)cc1. The maximum atomic E-state index is 13.2. The van der Waals surface area contributed by atoms with Crippen molar-refractivity contribution < 1.29 is 27.4 Å². The molecule has 0 radical (unpaired) electrons. The Morgan fingerprint density at radius 3 is 2.00 bits per heavy atom. The zero-order valence-electron chi connectivity index (χ0n) is 21.3. The summed E-state index contributed by atoms with van der Waals surface area (Å²) in [6.07, 6.45) is 1.90. The van der Waals surface area contributed by atoms with Gasteiger partial charge in [-0.3, -0.25) is 4.79 Å². The van der Waals surface area contributed by atoms with Gasteiger partial charge in [0.25, 0.3) is 0 Å². The van der Waals surface area contributed by atoms with Crippen LogP contribution in [0.4, 0.5) is 13.2 Å². The molecule has 37 heavy (non-hydrogen) atoms. The molecular weight excluding hydrogens is 481 g/mol. The molecule has 1 atom stereocenters. The minimum atomic E-state index is -4.74. The van der Waals surface area contributed by atoms with Gasteiger partial charge in [-0.25, -0.2) is 9.97 Å². The average Bonchev–Trinajstić information content (AvgIpc) is 2.89.